The largest absolute Gasteiger partial charge is 0.756 e. The zero-order valence-electron chi connectivity index (χ0n) is 34.0. The molecule has 2 unspecified atom stereocenters. The highest BCUT2D eigenvalue weighted by Crippen LogP contribution is 2.38. The van der Waals surface area contributed by atoms with Gasteiger partial charge in [-0.2, -0.15) is 0 Å². The summed E-state index contributed by atoms with van der Waals surface area (Å²) in [5, 5.41) is 0. The van der Waals surface area contributed by atoms with Crippen LogP contribution in [0.2, 0.25) is 0 Å². The lowest BCUT2D eigenvalue weighted by Gasteiger charge is -2.28. The van der Waals surface area contributed by atoms with Crippen molar-refractivity contribution < 1.29 is 42.1 Å². The molecule has 0 radical (unpaired) electrons. The average molecular weight is 756 g/mol. The molecule has 0 rings (SSSR count). The van der Waals surface area contributed by atoms with Crippen LogP contribution in [0.3, 0.4) is 0 Å². The maximum absolute atomic E-state index is 12.6. The van der Waals surface area contributed by atoms with Gasteiger partial charge in [0.25, 0.3) is 7.82 Å². The monoisotopic (exact) mass is 756 g/mol. The standard InChI is InChI=1S/C42H78NO8P/c1-6-8-10-12-14-16-18-19-20-21-22-23-24-25-27-29-31-33-35-42(45)51-40(39-50-52(46,47)49-37-36-43(3,4)5)38-48-41(44)34-32-30-28-26-17-15-13-11-9-7-2/h11,13,16,18,20-21,40H,6-10,12,14-15,17,19,22-39H2,1-5H3/b13-11-,18-16-,21-20-. The van der Waals surface area contributed by atoms with E-state index in [-0.39, 0.29) is 26.1 Å². The molecule has 0 amide bonds. The zero-order valence-corrected chi connectivity index (χ0v) is 34.9. The minimum Gasteiger partial charge on any atom is -0.756 e. The predicted octanol–water partition coefficient (Wildman–Crippen LogP) is 10.7. The van der Waals surface area contributed by atoms with E-state index in [4.69, 9.17) is 18.5 Å². The first kappa shape index (κ1) is 50.2. The number of hydrogen-bond donors (Lipinski definition) is 0. The zero-order chi connectivity index (χ0) is 38.6. The van der Waals surface area contributed by atoms with Gasteiger partial charge in [-0.15, -0.1) is 0 Å². The Labute approximate surface area is 319 Å². The van der Waals surface area contributed by atoms with E-state index < -0.39 is 32.5 Å². The second-order valence-corrected chi connectivity index (χ2v) is 16.4. The molecule has 0 saturated carbocycles. The number of quaternary nitrogens is 1. The summed E-state index contributed by atoms with van der Waals surface area (Å²) in [6.45, 7) is 4.11. The fraction of sp³-hybridized carbons (Fsp3) is 0.810. The van der Waals surface area contributed by atoms with Crippen molar-refractivity contribution in [2.24, 2.45) is 0 Å². The van der Waals surface area contributed by atoms with Gasteiger partial charge in [0.05, 0.1) is 27.7 Å². The Balaban J connectivity index is 4.38. The fourth-order valence-corrected chi connectivity index (χ4v) is 6.06. The molecule has 0 heterocycles. The number of esters is 2. The molecular formula is C42H78NO8P. The minimum atomic E-state index is -4.62. The van der Waals surface area contributed by atoms with Gasteiger partial charge in [-0.25, -0.2) is 0 Å². The van der Waals surface area contributed by atoms with Gasteiger partial charge >= 0.3 is 11.9 Å². The van der Waals surface area contributed by atoms with E-state index in [0.717, 1.165) is 77.0 Å². The number of allylic oxidation sites excluding steroid dienone is 6. The molecule has 304 valence electrons. The van der Waals surface area contributed by atoms with E-state index >= 15 is 0 Å². The van der Waals surface area contributed by atoms with Gasteiger partial charge in [0, 0.05) is 12.8 Å². The number of unbranched alkanes of at least 4 members (excludes halogenated alkanes) is 17. The third-order valence-corrected chi connectivity index (χ3v) is 9.58. The van der Waals surface area contributed by atoms with Gasteiger partial charge in [-0.1, -0.05) is 127 Å². The molecule has 9 nitrogen and oxygen atoms in total. The number of hydrogen-bond acceptors (Lipinski definition) is 8. The molecule has 0 aromatic carbocycles. The van der Waals surface area contributed by atoms with Crippen LogP contribution in [0.15, 0.2) is 36.5 Å². The summed E-state index contributed by atoms with van der Waals surface area (Å²) in [5.41, 5.74) is 0. The van der Waals surface area contributed by atoms with E-state index in [2.05, 4.69) is 50.3 Å². The molecule has 0 fully saturated rings. The van der Waals surface area contributed by atoms with E-state index in [1.807, 2.05) is 21.1 Å². The third kappa shape index (κ3) is 38.0. The first-order valence-electron chi connectivity index (χ1n) is 20.7. The Kier molecular flexibility index (Phi) is 33.8. The van der Waals surface area contributed by atoms with Gasteiger partial charge in [-0.05, 0) is 64.2 Å². The Hall–Kier alpha value is -1.77. The number of phosphoric ester groups is 1. The maximum Gasteiger partial charge on any atom is 0.306 e. The number of ether oxygens (including phenoxy) is 2. The first-order valence-corrected chi connectivity index (χ1v) is 22.2. The van der Waals surface area contributed by atoms with Crippen molar-refractivity contribution in [3.8, 4) is 0 Å². The second-order valence-electron chi connectivity index (χ2n) is 15.0. The van der Waals surface area contributed by atoms with Gasteiger partial charge in [0.15, 0.2) is 6.10 Å². The molecule has 0 aromatic heterocycles. The fourth-order valence-electron chi connectivity index (χ4n) is 5.33. The summed E-state index contributed by atoms with van der Waals surface area (Å²) in [5.74, 6) is -0.858. The van der Waals surface area contributed by atoms with Gasteiger partial charge < -0.3 is 27.9 Å². The summed E-state index contributed by atoms with van der Waals surface area (Å²) in [6, 6.07) is 0. The van der Waals surface area contributed by atoms with Crippen LogP contribution in [0.25, 0.3) is 0 Å². The molecule has 0 aliphatic carbocycles. The van der Waals surface area contributed by atoms with Crippen molar-refractivity contribution in [2.75, 3.05) is 47.5 Å². The highest BCUT2D eigenvalue weighted by Gasteiger charge is 2.21. The Morgan fingerprint density at radius 1 is 0.596 bits per heavy atom. The molecule has 2 atom stereocenters. The SMILES string of the molecule is CCC/C=C\CCCCCCCC(=O)OCC(COP(=O)([O-])OCC[N+](C)(C)C)OC(=O)CCCCCCCCC/C=C\C/C=C\CCCCCC. The first-order chi connectivity index (χ1) is 25.0. The molecule has 0 aromatic rings. The van der Waals surface area contributed by atoms with E-state index in [1.165, 1.54) is 57.8 Å². The van der Waals surface area contributed by atoms with Gasteiger partial charge in [0.1, 0.15) is 19.8 Å². The molecule has 0 aliphatic heterocycles. The maximum atomic E-state index is 12.6. The highest BCUT2D eigenvalue weighted by atomic mass is 31.2. The van der Waals surface area contributed by atoms with Crippen LogP contribution >= 0.6 is 7.82 Å². The summed E-state index contributed by atoms with van der Waals surface area (Å²) in [7, 11) is 1.15. The Bertz CT molecular complexity index is 991. The lowest BCUT2D eigenvalue weighted by molar-refractivity contribution is -0.870. The van der Waals surface area contributed by atoms with Crippen molar-refractivity contribution in [3.05, 3.63) is 36.5 Å². The average Bonchev–Trinajstić information content (AvgIpc) is 3.09. The van der Waals surface area contributed by atoms with Crippen LogP contribution < -0.4 is 4.89 Å². The normalized spacial score (nSPS) is 14.0. The lowest BCUT2D eigenvalue weighted by Crippen LogP contribution is -2.37. The molecule has 52 heavy (non-hydrogen) atoms. The predicted molar refractivity (Wildman–Crippen MR) is 213 cm³/mol. The van der Waals surface area contributed by atoms with Crippen LogP contribution in [0, 0.1) is 0 Å². The van der Waals surface area contributed by atoms with Crippen LogP contribution in [-0.4, -0.2) is 70.0 Å². The number of carbonyl (C=O) groups excluding carboxylic acids is 2. The van der Waals surface area contributed by atoms with Gasteiger partial charge in [-0.3, -0.25) is 14.2 Å². The van der Waals surface area contributed by atoms with E-state index in [0.29, 0.717) is 17.4 Å². The highest BCUT2D eigenvalue weighted by molar-refractivity contribution is 7.45. The Morgan fingerprint density at radius 2 is 1.08 bits per heavy atom. The van der Waals surface area contributed by atoms with E-state index in [9.17, 15) is 19.0 Å². The van der Waals surface area contributed by atoms with Crippen LogP contribution in [0.5, 0.6) is 0 Å². The van der Waals surface area contributed by atoms with Crippen molar-refractivity contribution in [2.45, 2.75) is 174 Å². The molecule has 0 saturated heterocycles. The topological polar surface area (TPSA) is 111 Å². The summed E-state index contributed by atoms with van der Waals surface area (Å²) in [6.07, 6.45) is 37.4. The third-order valence-electron chi connectivity index (χ3n) is 8.61. The summed E-state index contributed by atoms with van der Waals surface area (Å²) < 4.78 is 33.8. The molecule has 10 heteroatoms. The van der Waals surface area contributed by atoms with Crippen LogP contribution in [0.1, 0.15) is 168 Å². The second kappa shape index (κ2) is 35.0. The molecule has 0 bridgehead atoms. The smallest absolute Gasteiger partial charge is 0.306 e. The summed E-state index contributed by atoms with van der Waals surface area (Å²) >= 11 is 0. The van der Waals surface area contributed by atoms with Crippen molar-refractivity contribution in [1.82, 2.24) is 0 Å². The lowest BCUT2D eigenvalue weighted by atomic mass is 10.1. The number of nitrogens with zero attached hydrogens (tertiary/aromatic N) is 1. The summed E-state index contributed by atoms with van der Waals surface area (Å²) in [4.78, 5) is 37.4. The molecular weight excluding hydrogens is 677 g/mol. The quantitative estimate of drug-likeness (QED) is 0.0203. The molecule has 0 N–H and O–H groups in total. The van der Waals surface area contributed by atoms with E-state index in [1.54, 1.807) is 0 Å². The number of carbonyl (C=O) groups is 2. The molecule has 0 spiro atoms. The van der Waals surface area contributed by atoms with Crippen LogP contribution in [-0.2, 0) is 32.7 Å². The minimum absolute atomic E-state index is 0.0342. The van der Waals surface area contributed by atoms with Crippen molar-refractivity contribution in [1.29, 1.82) is 0 Å². The molecule has 0 aliphatic rings. The van der Waals surface area contributed by atoms with Crippen LogP contribution in [0.4, 0.5) is 0 Å². The van der Waals surface area contributed by atoms with Crippen molar-refractivity contribution >= 4 is 19.8 Å². The Morgan fingerprint density at radius 3 is 1.62 bits per heavy atom. The number of phosphoric acid groups is 1. The number of rotatable bonds is 37. The van der Waals surface area contributed by atoms with Crippen molar-refractivity contribution in [3.63, 3.8) is 0 Å². The number of likely N-dealkylation sites (N-methyl/N-ethyl adjacent to an activating group) is 1. The van der Waals surface area contributed by atoms with Gasteiger partial charge in [0.2, 0.25) is 0 Å².